The molecule has 2 rings (SSSR count). The molecule has 1 saturated heterocycles. The Morgan fingerprint density at radius 2 is 2.06 bits per heavy atom. The molecule has 96 valence electrons. The van der Waals surface area contributed by atoms with E-state index in [9.17, 15) is 14.7 Å². The number of nitrogens with zero attached hydrogens (tertiary/aromatic N) is 1. The largest absolute Gasteiger partial charge is 0.479 e. The summed E-state index contributed by atoms with van der Waals surface area (Å²) in [6.07, 6.45) is 4.44. The first-order valence-corrected chi connectivity index (χ1v) is 6.34. The standard InChI is InChI=1S/C12H20N2O3/c13-7-9-6-10(15)14(8-9)12(11(16)17)4-2-1-3-5-12/h9H,1-8,13H2,(H,16,17). The maximum Gasteiger partial charge on any atom is 0.329 e. The summed E-state index contributed by atoms with van der Waals surface area (Å²) in [6.45, 7) is 0.972. The zero-order valence-electron chi connectivity index (χ0n) is 10.0. The molecule has 1 amide bonds. The van der Waals surface area contributed by atoms with Crippen LogP contribution in [0.5, 0.6) is 0 Å². The lowest BCUT2D eigenvalue weighted by atomic mass is 9.80. The van der Waals surface area contributed by atoms with Crippen molar-refractivity contribution in [2.45, 2.75) is 44.1 Å². The number of carbonyl (C=O) groups is 2. The van der Waals surface area contributed by atoms with Gasteiger partial charge in [-0.2, -0.15) is 0 Å². The van der Waals surface area contributed by atoms with Crippen LogP contribution in [-0.4, -0.2) is 40.5 Å². The Hall–Kier alpha value is -1.10. The van der Waals surface area contributed by atoms with Crippen LogP contribution in [0.4, 0.5) is 0 Å². The van der Waals surface area contributed by atoms with E-state index in [0.29, 0.717) is 32.4 Å². The highest BCUT2D eigenvalue weighted by atomic mass is 16.4. The Morgan fingerprint density at radius 3 is 2.53 bits per heavy atom. The minimum Gasteiger partial charge on any atom is -0.479 e. The summed E-state index contributed by atoms with van der Waals surface area (Å²) in [4.78, 5) is 25.1. The van der Waals surface area contributed by atoms with Gasteiger partial charge in [0.1, 0.15) is 5.54 Å². The molecule has 1 heterocycles. The molecule has 0 aromatic rings. The van der Waals surface area contributed by atoms with Crippen molar-refractivity contribution < 1.29 is 14.7 Å². The van der Waals surface area contributed by atoms with Crippen molar-refractivity contribution in [2.24, 2.45) is 11.7 Å². The van der Waals surface area contributed by atoms with Crippen molar-refractivity contribution in [1.82, 2.24) is 4.90 Å². The minimum atomic E-state index is -0.945. The van der Waals surface area contributed by atoms with E-state index >= 15 is 0 Å². The van der Waals surface area contributed by atoms with Crippen molar-refractivity contribution in [3.8, 4) is 0 Å². The number of likely N-dealkylation sites (tertiary alicyclic amines) is 1. The molecule has 17 heavy (non-hydrogen) atoms. The van der Waals surface area contributed by atoms with E-state index in [4.69, 9.17) is 5.73 Å². The van der Waals surface area contributed by atoms with E-state index in [0.717, 1.165) is 19.3 Å². The van der Waals surface area contributed by atoms with Crippen LogP contribution in [-0.2, 0) is 9.59 Å². The highest BCUT2D eigenvalue weighted by molar-refractivity contribution is 5.88. The van der Waals surface area contributed by atoms with Crippen molar-refractivity contribution >= 4 is 11.9 Å². The molecule has 1 aliphatic heterocycles. The van der Waals surface area contributed by atoms with Gasteiger partial charge in [-0.3, -0.25) is 4.79 Å². The van der Waals surface area contributed by atoms with Crippen LogP contribution in [0.15, 0.2) is 0 Å². The van der Waals surface area contributed by atoms with Crippen LogP contribution < -0.4 is 5.73 Å². The molecule has 1 unspecified atom stereocenters. The average molecular weight is 240 g/mol. The Balaban J connectivity index is 2.22. The van der Waals surface area contributed by atoms with Gasteiger partial charge in [-0.25, -0.2) is 4.79 Å². The fourth-order valence-electron chi connectivity index (χ4n) is 3.09. The topological polar surface area (TPSA) is 83.6 Å². The van der Waals surface area contributed by atoms with E-state index in [2.05, 4.69) is 0 Å². The van der Waals surface area contributed by atoms with Gasteiger partial charge in [0.05, 0.1) is 0 Å². The highest BCUT2D eigenvalue weighted by Crippen LogP contribution is 2.37. The average Bonchev–Trinajstić information content (AvgIpc) is 2.71. The number of carboxylic acids is 1. The molecule has 1 saturated carbocycles. The van der Waals surface area contributed by atoms with Crippen LogP contribution in [0.3, 0.4) is 0 Å². The zero-order chi connectivity index (χ0) is 12.5. The molecule has 5 heteroatoms. The van der Waals surface area contributed by atoms with Gasteiger partial charge >= 0.3 is 5.97 Å². The number of rotatable bonds is 3. The molecule has 0 aromatic carbocycles. The molecule has 0 spiro atoms. The van der Waals surface area contributed by atoms with Crippen molar-refractivity contribution in [3.05, 3.63) is 0 Å². The second-order valence-corrected chi connectivity index (χ2v) is 5.21. The summed E-state index contributed by atoms with van der Waals surface area (Å²) in [5, 5.41) is 9.50. The number of carbonyl (C=O) groups excluding carboxylic acids is 1. The molecule has 2 aliphatic rings. The van der Waals surface area contributed by atoms with Gasteiger partial charge in [0.2, 0.25) is 5.91 Å². The molecular formula is C12H20N2O3. The van der Waals surface area contributed by atoms with Gasteiger partial charge in [0, 0.05) is 13.0 Å². The van der Waals surface area contributed by atoms with Crippen molar-refractivity contribution in [1.29, 1.82) is 0 Å². The molecule has 1 atom stereocenters. The number of hydrogen-bond acceptors (Lipinski definition) is 3. The summed E-state index contributed by atoms with van der Waals surface area (Å²) in [5.41, 5.74) is 4.64. The van der Waals surface area contributed by atoms with Crippen molar-refractivity contribution in [3.63, 3.8) is 0 Å². The molecule has 2 fully saturated rings. The predicted octanol–water partition coefficient (Wildman–Crippen LogP) is 0.581. The number of amides is 1. The van der Waals surface area contributed by atoms with E-state index in [1.165, 1.54) is 0 Å². The first kappa shape index (κ1) is 12.4. The maximum atomic E-state index is 12.0. The second kappa shape index (κ2) is 4.64. The number of aliphatic carboxylic acids is 1. The van der Waals surface area contributed by atoms with Crippen LogP contribution in [0.25, 0.3) is 0 Å². The lowest BCUT2D eigenvalue weighted by Gasteiger charge is -2.41. The molecule has 3 N–H and O–H groups in total. The molecule has 0 radical (unpaired) electrons. The minimum absolute atomic E-state index is 0.0373. The second-order valence-electron chi connectivity index (χ2n) is 5.21. The van der Waals surface area contributed by atoms with Crippen molar-refractivity contribution in [2.75, 3.05) is 13.1 Å². The SMILES string of the molecule is NCC1CC(=O)N(C2(C(=O)O)CCCCC2)C1. The maximum absolute atomic E-state index is 12.0. The van der Waals surface area contributed by atoms with E-state index in [-0.39, 0.29) is 11.8 Å². The van der Waals surface area contributed by atoms with Crippen LogP contribution in [0.1, 0.15) is 38.5 Å². The van der Waals surface area contributed by atoms with Gasteiger partial charge in [0.25, 0.3) is 0 Å². The molecule has 5 nitrogen and oxygen atoms in total. The third-order valence-corrected chi connectivity index (χ3v) is 4.13. The summed E-state index contributed by atoms with van der Waals surface area (Å²) in [7, 11) is 0. The first-order chi connectivity index (χ1) is 8.10. The quantitative estimate of drug-likeness (QED) is 0.756. The van der Waals surface area contributed by atoms with Gasteiger partial charge < -0.3 is 15.7 Å². The number of hydrogen-bond donors (Lipinski definition) is 2. The van der Waals surface area contributed by atoms with Gasteiger partial charge in [0.15, 0.2) is 0 Å². The fourth-order valence-corrected chi connectivity index (χ4v) is 3.09. The number of nitrogens with two attached hydrogens (primary N) is 1. The molecule has 1 aliphatic carbocycles. The monoisotopic (exact) mass is 240 g/mol. The molecule has 0 bridgehead atoms. The molecule has 0 aromatic heterocycles. The molecular weight excluding hydrogens is 220 g/mol. The smallest absolute Gasteiger partial charge is 0.329 e. The Bertz CT molecular complexity index is 324. The van der Waals surface area contributed by atoms with Gasteiger partial charge in [-0.05, 0) is 25.3 Å². The highest BCUT2D eigenvalue weighted by Gasteiger charge is 2.50. The van der Waals surface area contributed by atoms with E-state index in [1.807, 2.05) is 0 Å². The third-order valence-electron chi connectivity index (χ3n) is 4.13. The fraction of sp³-hybridized carbons (Fsp3) is 0.833. The van der Waals surface area contributed by atoms with Crippen LogP contribution in [0, 0.1) is 5.92 Å². The Kier molecular flexibility index (Phi) is 3.38. The van der Waals surface area contributed by atoms with E-state index in [1.54, 1.807) is 4.90 Å². The van der Waals surface area contributed by atoms with Crippen LogP contribution >= 0.6 is 0 Å². The zero-order valence-corrected chi connectivity index (χ0v) is 10.0. The predicted molar refractivity (Wildman–Crippen MR) is 62.3 cm³/mol. The summed E-state index contributed by atoms with van der Waals surface area (Å²) in [6, 6.07) is 0. The normalized spacial score (nSPS) is 28.4. The third kappa shape index (κ3) is 2.04. The van der Waals surface area contributed by atoms with Gasteiger partial charge in [-0.1, -0.05) is 19.3 Å². The summed E-state index contributed by atoms with van der Waals surface area (Å²) in [5.74, 6) is -0.756. The Labute approximate surface area is 101 Å². The Morgan fingerprint density at radius 1 is 1.41 bits per heavy atom. The number of carboxylic acid groups (broad SMARTS) is 1. The van der Waals surface area contributed by atoms with Crippen LogP contribution in [0.2, 0.25) is 0 Å². The first-order valence-electron chi connectivity index (χ1n) is 6.34. The van der Waals surface area contributed by atoms with Gasteiger partial charge in [-0.15, -0.1) is 0 Å². The lowest BCUT2D eigenvalue weighted by molar-refractivity contribution is -0.159. The van der Waals surface area contributed by atoms with E-state index < -0.39 is 11.5 Å². The summed E-state index contributed by atoms with van der Waals surface area (Å²) < 4.78 is 0. The summed E-state index contributed by atoms with van der Waals surface area (Å²) >= 11 is 0. The lowest BCUT2D eigenvalue weighted by Crippen LogP contribution is -2.56.